The highest BCUT2D eigenvalue weighted by Crippen LogP contribution is 2.27. The predicted molar refractivity (Wildman–Crippen MR) is 93.1 cm³/mol. The first-order valence-corrected chi connectivity index (χ1v) is 8.19. The minimum atomic E-state index is -0.551. The first kappa shape index (κ1) is 18.2. The van der Waals surface area contributed by atoms with E-state index in [1.807, 2.05) is 30.3 Å². The lowest BCUT2D eigenvalue weighted by atomic mass is 10.2. The number of rotatable bonds is 8. The number of carbonyl (C=O) groups is 1. The second-order valence-corrected chi connectivity index (χ2v) is 5.73. The molecule has 0 unspecified atom stereocenters. The maximum absolute atomic E-state index is 14.1. The Labute approximate surface area is 148 Å². The molecule has 2 rings (SSSR count). The van der Waals surface area contributed by atoms with Crippen LogP contribution in [0.15, 0.2) is 46.9 Å². The number of para-hydroxylation sites is 1. The molecule has 0 spiro atoms. The van der Waals surface area contributed by atoms with Crippen LogP contribution in [0, 0.1) is 5.82 Å². The molecule has 0 aliphatic rings. The van der Waals surface area contributed by atoms with Gasteiger partial charge in [-0.3, -0.25) is 0 Å². The monoisotopic (exact) mass is 396 g/mol. The van der Waals surface area contributed by atoms with Gasteiger partial charge in [-0.1, -0.05) is 34.1 Å². The molecule has 7 heteroatoms. The summed E-state index contributed by atoms with van der Waals surface area (Å²) in [5.41, 5.74) is 7.44. The molecule has 0 saturated heterocycles. The van der Waals surface area contributed by atoms with Gasteiger partial charge < -0.3 is 14.9 Å². The minimum absolute atomic E-state index is 0.0219. The van der Waals surface area contributed by atoms with Crippen molar-refractivity contribution in [2.45, 2.75) is 13.5 Å². The van der Waals surface area contributed by atoms with Crippen LogP contribution >= 0.6 is 15.9 Å². The Morgan fingerprint density at radius 2 is 2.00 bits per heavy atom. The molecule has 0 aromatic heterocycles. The van der Waals surface area contributed by atoms with Gasteiger partial charge in [0, 0.05) is 22.3 Å². The Kier molecular flexibility index (Phi) is 7.02. The van der Waals surface area contributed by atoms with Gasteiger partial charge in [0.15, 0.2) is 18.2 Å². The summed E-state index contributed by atoms with van der Waals surface area (Å²) >= 11 is 3.25. The molecule has 0 amide bonds. The average molecular weight is 397 g/mol. The molecule has 2 aromatic carbocycles. The summed E-state index contributed by atoms with van der Waals surface area (Å²) in [5.74, 6) is -1.07. The van der Waals surface area contributed by atoms with Crippen molar-refractivity contribution in [2.24, 2.45) is 0 Å². The van der Waals surface area contributed by atoms with E-state index in [0.717, 1.165) is 5.69 Å². The predicted octanol–water partition coefficient (Wildman–Crippen LogP) is 3.65. The first-order chi connectivity index (χ1) is 11.6. The lowest BCUT2D eigenvalue weighted by Crippen LogP contribution is -2.22. The Hall–Kier alpha value is -2.12. The van der Waals surface area contributed by atoms with Crippen molar-refractivity contribution in [3.8, 4) is 5.75 Å². The SMILES string of the molecule is CCOC(=O)COc1c(F)cc(Br)cc1CNNc1ccccc1. The average Bonchev–Trinajstić information content (AvgIpc) is 2.55. The number of carbonyl (C=O) groups excluding carboxylic acids is 1. The van der Waals surface area contributed by atoms with Crippen molar-refractivity contribution in [3.63, 3.8) is 0 Å². The van der Waals surface area contributed by atoms with Gasteiger partial charge in [0.05, 0.1) is 6.61 Å². The molecule has 0 aliphatic carbocycles. The number of ether oxygens (including phenoxy) is 2. The topological polar surface area (TPSA) is 59.6 Å². The Morgan fingerprint density at radius 3 is 2.71 bits per heavy atom. The second-order valence-electron chi connectivity index (χ2n) is 4.81. The molecular formula is C17H18BrFN2O3. The fourth-order valence-corrected chi connectivity index (χ4v) is 2.48. The highest BCUT2D eigenvalue weighted by atomic mass is 79.9. The zero-order valence-corrected chi connectivity index (χ0v) is 14.7. The summed E-state index contributed by atoms with van der Waals surface area (Å²) in [6.45, 7) is 1.90. The molecule has 0 bridgehead atoms. The van der Waals surface area contributed by atoms with Gasteiger partial charge in [-0.15, -0.1) is 0 Å². The lowest BCUT2D eigenvalue weighted by molar-refractivity contribution is -0.145. The largest absolute Gasteiger partial charge is 0.478 e. The summed E-state index contributed by atoms with van der Waals surface area (Å²) < 4.78 is 24.8. The summed E-state index contributed by atoms with van der Waals surface area (Å²) in [7, 11) is 0. The molecule has 2 aromatic rings. The summed E-state index contributed by atoms with van der Waals surface area (Å²) in [5, 5.41) is 0. The highest BCUT2D eigenvalue weighted by molar-refractivity contribution is 9.10. The number of anilines is 1. The van der Waals surface area contributed by atoms with Crippen LogP contribution in [0.1, 0.15) is 12.5 Å². The molecule has 0 atom stereocenters. The zero-order chi connectivity index (χ0) is 17.4. The van der Waals surface area contributed by atoms with Gasteiger partial charge in [-0.2, -0.15) is 0 Å². The van der Waals surface area contributed by atoms with E-state index in [2.05, 4.69) is 26.8 Å². The van der Waals surface area contributed by atoms with E-state index in [1.54, 1.807) is 13.0 Å². The molecule has 2 N–H and O–H groups in total. The number of halogens is 2. The lowest BCUT2D eigenvalue weighted by Gasteiger charge is -2.14. The number of hydrogen-bond acceptors (Lipinski definition) is 5. The van der Waals surface area contributed by atoms with E-state index in [9.17, 15) is 9.18 Å². The molecule has 0 heterocycles. The van der Waals surface area contributed by atoms with Gasteiger partial charge in [-0.05, 0) is 31.2 Å². The molecule has 0 fully saturated rings. The van der Waals surface area contributed by atoms with Crippen LogP contribution in [0.3, 0.4) is 0 Å². The number of esters is 1. The molecule has 24 heavy (non-hydrogen) atoms. The van der Waals surface area contributed by atoms with Gasteiger partial charge >= 0.3 is 5.97 Å². The number of benzene rings is 2. The molecule has 5 nitrogen and oxygen atoms in total. The van der Waals surface area contributed by atoms with E-state index in [1.165, 1.54) is 6.07 Å². The van der Waals surface area contributed by atoms with Crippen LogP contribution in [0.25, 0.3) is 0 Å². The van der Waals surface area contributed by atoms with E-state index in [-0.39, 0.29) is 19.0 Å². The van der Waals surface area contributed by atoms with E-state index in [0.29, 0.717) is 16.6 Å². The van der Waals surface area contributed by atoms with Gasteiger partial charge in [0.25, 0.3) is 0 Å². The minimum Gasteiger partial charge on any atom is -0.478 e. The van der Waals surface area contributed by atoms with Crippen LogP contribution < -0.4 is 15.6 Å². The zero-order valence-electron chi connectivity index (χ0n) is 13.1. The van der Waals surface area contributed by atoms with Crippen LogP contribution in [0.5, 0.6) is 5.75 Å². The maximum atomic E-state index is 14.1. The fourth-order valence-electron chi connectivity index (χ4n) is 2.00. The standard InChI is InChI=1S/C17H18BrFN2O3/c1-2-23-16(22)11-24-17-12(8-13(18)9-15(17)19)10-20-21-14-6-4-3-5-7-14/h3-9,20-21H,2,10-11H2,1H3. The number of hydrogen-bond donors (Lipinski definition) is 2. The Bertz CT molecular complexity index is 683. The fraction of sp³-hybridized carbons (Fsp3) is 0.235. The van der Waals surface area contributed by atoms with Crippen LogP contribution in [0.2, 0.25) is 0 Å². The van der Waals surface area contributed by atoms with Gasteiger partial charge in [-0.25, -0.2) is 14.6 Å². The molecular weight excluding hydrogens is 379 g/mol. The normalized spacial score (nSPS) is 10.3. The summed E-state index contributed by atoms with van der Waals surface area (Å²) in [6, 6.07) is 12.5. The molecule has 0 saturated carbocycles. The Balaban J connectivity index is 2.02. The highest BCUT2D eigenvalue weighted by Gasteiger charge is 2.14. The molecule has 128 valence electrons. The van der Waals surface area contributed by atoms with Crippen molar-refractivity contribution >= 4 is 27.6 Å². The van der Waals surface area contributed by atoms with Crippen LogP contribution in [0.4, 0.5) is 10.1 Å². The maximum Gasteiger partial charge on any atom is 0.344 e. The van der Waals surface area contributed by atoms with E-state index >= 15 is 0 Å². The molecule has 0 aliphatic heterocycles. The van der Waals surface area contributed by atoms with E-state index < -0.39 is 11.8 Å². The number of nitrogens with one attached hydrogen (secondary N) is 2. The van der Waals surface area contributed by atoms with Crippen molar-refractivity contribution in [3.05, 3.63) is 58.3 Å². The van der Waals surface area contributed by atoms with Crippen LogP contribution in [-0.4, -0.2) is 19.2 Å². The summed E-state index contributed by atoms with van der Waals surface area (Å²) in [6.07, 6.45) is 0. The second kappa shape index (κ2) is 9.24. The third-order valence-corrected chi connectivity index (χ3v) is 3.47. The summed E-state index contributed by atoms with van der Waals surface area (Å²) in [4.78, 5) is 11.4. The van der Waals surface area contributed by atoms with Crippen molar-refractivity contribution < 1.29 is 18.7 Å². The quantitative estimate of drug-likeness (QED) is 0.526. The van der Waals surface area contributed by atoms with Crippen LogP contribution in [-0.2, 0) is 16.1 Å². The Morgan fingerprint density at radius 1 is 1.25 bits per heavy atom. The number of hydrazine groups is 1. The van der Waals surface area contributed by atoms with Gasteiger partial charge in [0.2, 0.25) is 0 Å². The van der Waals surface area contributed by atoms with Gasteiger partial charge in [0.1, 0.15) is 0 Å². The van der Waals surface area contributed by atoms with Crippen molar-refractivity contribution in [1.29, 1.82) is 0 Å². The van der Waals surface area contributed by atoms with Crippen molar-refractivity contribution in [1.82, 2.24) is 5.43 Å². The third-order valence-electron chi connectivity index (χ3n) is 3.01. The molecule has 0 radical (unpaired) electrons. The van der Waals surface area contributed by atoms with Crippen molar-refractivity contribution in [2.75, 3.05) is 18.6 Å². The smallest absolute Gasteiger partial charge is 0.344 e. The third kappa shape index (κ3) is 5.50. The first-order valence-electron chi connectivity index (χ1n) is 7.40. The van der Waals surface area contributed by atoms with E-state index in [4.69, 9.17) is 9.47 Å².